The number of aromatic nitrogens is 3. The molecular formula is C42H55N6O5+. The Morgan fingerprint density at radius 1 is 0.906 bits per heavy atom. The first-order valence-corrected chi connectivity index (χ1v) is 18.8. The van der Waals surface area contributed by atoms with Crippen LogP contribution in [-0.2, 0) is 28.7 Å². The molecule has 2 aliphatic heterocycles. The molecule has 0 radical (unpaired) electrons. The summed E-state index contributed by atoms with van der Waals surface area (Å²) in [7, 11) is 2.14. The van der Waals surface area contributed by atoms with E-state index in [9.17, 15) is 25.2 Å². The fraction of sp³-hybridized carbons (Fsp3) is 0.476. The number of amides is 1. The highest BCUT2D eigenvalue weighted by Gasteiger charge is 2.44. The van der Waals surface area contributed by atoms with Gasteiger partial charge in [0.25, 0.3) is 0 Å². The molecule has 1 aromatic heterocycles. The molecule has 11 heteroatoms. The number of hydrogen-bond acceptors (Lipinski definition) is 8. The molecule has 1 aliphatic carbocycles. The van der Waals surface area contributed by atoms with E-state index >= 15 is 0 Å². The third-order valence-electron chi connectivity index (χ3n) is 11.4. The molecule has 0 bridgehead atoms. The summed E-state index contributed by atoms with van der Waals surface area (Å²) in [4.78, 5) is 15.1. The molecule has 1 amide bonds. The topological polar surface area (TPSA) is 147 Å². The molecule has 1 saturated carbocycles. The smallest absolute Gasteiger partial charge is 0.220 e. The van der Waals surface area contributed by atoms with Crippen molar-refractivity contribution in [2.45, 2.75) is 108 Å². The van der Waals surface area contributed by atoms with E-state index in [0.29, 0.717) is 12.1 Å². The van der Waals surface area contributed by atoms with Crippen molar-refractivity contribution in [1.82, 2.24) is 20.3 Å². The maximum absolute atomic E-state index is 12.7. The second-order valence-electron chi connectivity index (χ2n) is 15.7. The number of nitrogens with zero attached hydrogens (tertiary/aromatic N) is 5. The summed E-state index contributed by atoms with van der Waals surface area (Å²) < 4.78 is 3.76. The van der Waals surface area contributed by atoms with Gasteiger partial charge in [-0.3, -0.25) is 9.48 Å². The van der Waals surface area contributed by atoms with Gasteiger partial charge < -0.3 is 30.6 Å². The maximum Gasteiger partial charge on any atom is 0.220 e. The van der Waals surface area contributed by atoms with E-state index in [1.54, 1.807) is 6.20 Å². The zero-order valence-corrected chi connectivity index (χ0v) is 31.6. The molecule has 3 aromatic rings. The van der Waals surface area contributed by atoms with Crippen molar-refractivity contribution in [3.05, 3.63) is 108 Å². The van der Waals surface area contributed by atoms with Crippen LogP contribution in [0.2, 0.25) is 0 Å². The summed E-state index contributed by atoms with van der Waals surface area (Å²) in [5.74, 6) is -0.756. The highest BCUT2D eigenvalue weighted by Crippen LogP contribution is 2.47. The number of para-hydroxylation sites is 2. The molecule has 6 rings (SSSR count). The van der Waals surface area contributed by atoms with Crippen molar-refractivity contribution >= 4 is 23.0 Å². The number of carbonyl (C=O) groups is 1. The van der Waals surface area contributed by atoms with Gasteiger partial charge in [0.05, 0.1) is 43.0 Å². The maximum atomic E-state index is 12.7. The molecule has 282 valence electrons. The highest BCUT2D eigenvalue weighted by molar-refractivity contribution is 6.03. The van der Waals surface area contributed by atoms with E-state index in [1.807, 2.05) is 0 Å². The first kappa shape index (κ1) is 38.3. The molecule has 5 N–H and O–H groups in total. The number of nitrogens with one attached hydrogen (secondary N) is 1. The van der Waals surface area contributed by atoms with Crippen LogP contribution in [0.3, 0.4) is 0 Å². The van der Waals surface area contributed by atoms with Crippen LogP contribution in [0, 0.1) is 5.92 Å². The van der Waals surface area contributed by atoms with Crippen LogP contribution >= 0.6 is 0 Å². The summed E-state index contributed by atoms with van der Waals surface area (Å²) in [6.45, 7) is 10.3. The number of aliphatic hydroxyl groups is 4. The Labute approximate surface area is 312 Å². The lowest BCUT2D eigenvalue weighted by atomic mass is 9.80. The summed E-state index contributed by atoms with van der Waals surface area (Å²) in [5, 5.41) is 51.4. The Hall–Kier alpha value is -4.42. The van der Waals surface area contributed by atoms with Gasteiger partial charge in [-0.2, -0.15) is 4.58 Å². The number of hydrogen-bond donors (Lipinski definition) is 5. The van der Waals surface area contributed by atoms with Gasteiger partial charge in [0.15, 0.2) is 5.71 Å². The molecule has 53 heavy (non-hydrogen) atoms. The molecule has 0 spiro atoms. The van der Waals surface area contributed by atoms with Gasteiger partial charge in [-0.25, -0.2) is 0 Å². The molecule has 0 saturated heterocycles. The van der Waals surface area contributed by atoms with Gasteiger partial charge in [-0.15, -0.1) is 5.10 Å². The fourth-order valence-electron chi connectivity index (χ4n) is 8.28. The number of fused-ring (bicyclic) bond motifs is 2. The van der Waals surface area contributed by atoms with E-state index in [4.69, 9.17) is 0 Å². The molecule has 1 fully saturated rings. The first-order chi connectivity index (χ1) is 25.3. The normalized spacial score (nSPS) is 25.5. The van der Waals surface area contributed by atoms with E-state index in [0.717, 1.165) is 25.8 Å². The number of rotatable bonds is 13. The number of carbonyl (C=O) groups excluding carboxylic acids is 1. The molecular weight excluding hydrogens is 668 g/mol. The standard InChI is InChI=1S/C42H54N6O5/c1-41(2)30-16-11-13-18-32(30)46(5)36(41)20-8-6-9-21-37-42(3,4)31-17-12-14-19-33(31)48(37)23-15-7-10-22-38(51)43-25-28-26-47(45-44-28)27-29-34(49)24-35(50)40(53)39(29)52/h6,8-9,11-14,16-21,26,29,34-35,39-40,49-50,52-53H,7,10,15,22-25,27H2,1-5H3/p+1/t29-,34-,35-,39+,40+/m0/s1. The molecule has 2 aromatic carbocycles. The van der Waals surface area contributed by atoms with Crippen LogP contribution in [0.1, 0.15) is 76.6 Å². The van der Waals surface area contributed by atoms with Crippen LogP contribution in [0.4, 0.5) is 11.4 Å². The van der Waals surface area contributed by atoms with Crippen LogP contribution in [0.5, 0.6) is 0 Å². The van der Waals surface area contributed by atoms with Crippen molar-refractivity contribution in [1.29, 1.82) is 0 Å². The number of aliphatic hydroxyl groups excluding tert-OH is 4. The molecule has 3 heterocycles. The van der Waals surface area contributed by atoms with Gasteiger partial charge in [0, 0.05) is 59.8 Å². The monoisotopic (exact) mass is 723 g/mol. The first-order valence-electron chi connectivity index (χ1n) is 18.8. The predicted octanol–water partition coefficient (Wildman–Crippen LogP) is 4.42. The van der Waals surface area contributed by atoms with Crippen LogP contribution in [0.25, 0.3) is 0 Å². The van der Waals surface area contributed by atoms with E-state index in [-0.39, 0.29) is 36.2 Å². The summed E-state index contributed by atoms with van der Waals surface area (Å²) >= 11 is 0. The average molecular weight is 724 g/mol. The summed E-state index contributed by atoms with van der Waals surface area (Å²) in [5.41, 5.74) is 8.03. The second kappa shape index (κ2) is 15.9. The zero-order chi connectivity index (χ0) is 37.9. The Bertz CT molecular complexity index is 1910. The van der Waals surface area contributed by atoms with Crippen molar-refractivity contribution in [3.63, 3.8) is 0 Å². The van der Waals surface area contributed by atoms with Crippen molar-refractivity contribution in [3.8, 4) is 0 Å². The number of benzene rings is 2. The Balaban J connectivity index is 0.990. The lowest BCUT2D eigenvalue weighted by molar-refractivity contribution is -0.401. The minimum absolute atomic E-state index is 0.0236. The van der Waals surface area contributed by atoms with Gasteiger partial charge in [-0.1, -0.05) is 80.1 Å². The lowest BCUT2D eigenvalue weighted by Crippen LogP contribution is -2.53. The van der Waals surface area contributed by atoms with Crippen LogP contribution in [-0.4, -0.2) is 89.6 Å². The molecule has 11 nitrogen and oxygen atoms in total. The lowest BCUT2D eigenvalue weighted by Gasteiger charge is -2.38. The van der Waals surface area contributed by atoms with Gasteiger partial charge >= 0.3 is 0 Å². The molecule has 0 unspecified atom stereocenters. The highest BCUT2D eigenvalue weighted by atomic mass is 16.4. The number of unbranched alkanes of at least 4 members (excludes halogenated alkanes) is 2. The third-order valence-corrected chi connectivity index (χ3v) is 11.4. The summed E-state index contributed by atoms with van der Waals surface area (Å²) in [6.07, 6.45) is 10.7. The van der Waals surface area contributed by atoms with Gasteiger partial charge in [0.1, 0.15) is 18.8 Å². The third kappa shape index (κ3) is 7.94. The Morgan fingerprint density at radius 2 is 1.64 bits per heavy atom. The fourth-order valence-corrected chi connectivity index (χ4v) is 8.28. The second-order valence-corrected chi connectivity index (χ2v) is 15.7. The van der Waals surface area contributed by atoms with Crippen molar-refractivity contribution in [2.24, 2.45) is 5.92 Å². The van der Waals surface area contributed by atoms with Crippen molar-refractivity contribution < 1.29 is 29.8 Å². The van der Waals surface area contributed by atoms with Gasteiger partial charge in [0.2, 0.25) is 11.6 Å². The minimum Gasteiger partial charge on any atom is -0.393 e. The summed E-state index contributed by atoms with van der Waals surface area (Å²) in [6, 6.07) is 17.2. The largest absolute Gasteiger partial charge is 0.393 e. The predicted molar refractivity (Wildman–Crippen MR) is 206 cm³/mol. The average Bonchev–Trinajstić information content (AvgIpc) is 3.74. The van der Waals surface area contributed by atoms with Crippen molar-refractivity contribution in [2.75, 3.05) is 18.5 Å². The Morgan fingerprint density at radius 3 is 2.42 bits per heavy atom. The van der Waals surface area contributed by atoms with Gasteiger partial charge in [-0.05, 0) is 44.4 Å². The SMILES string of the molecule is C[N+]1=C(/C=C/C=C/C=C2/N(CCCCCC(=O)NCc3cn(C[C@@H]4[C@@H](O)[C@H](O)[C@@H](O)C[C@@H]4O)nn3)c3ccccc3C2(C)C)C(C)(C)c2ccccc21. The number of allylic oxidation sites excluding steroid dienone is 6. The minimum atomic E-state index is -1.33. The van der Waals surface area contributed by atoms with E-state index in [2.05, 4.69) is 139 Å². The molecule has 5 atom stereocenters. The van der Waals surface area contributed by atoms with Crippen LogP contribution in [0.15, 0.2) is 90.8 Å². The quantitative estimate of drug-likeness (QED) is 0.0991. The zero-order valence-electron chi connectivity index (χ0n) is 31.6. The molecule has 3 aliphatic rings. The van der Waals surface area contributed by atoms with Crippen LogP contribution < -0.4 is 10.2 Å². The van der Waals surface area contributed by atoms with E-state index in [1.165, 1.54) is 38.6 Å². The van der Waals surface area contributed by atoms with E-state index < -0.39 is 30.3 Å². The Kier molecular flexibility index (Phi) is 11.5. The number of anilines is 1.